The van der Waals surface area contributed by atoms with Gasteiger partial charge in [-0.25, -0.2) is 5.10 Å². The van der Waals surface area contributed by atoms with Gasteiger partial charge >= 0.3 is 5.65 Å². The van der Waals surface area contributed by atoms with E-state index in [-0.39, 0.29) is 0 Å². The summed E-state index contributed by atoms with van der Waals surface area (Å²) in [4.78, 5) is 11.7. The van der Waals surface area contributed by atoms with E-state index in [0.717, 1.165) is 65.0 Å². The van der Waals surface area contributed by atoms with E-state index < -0.39 is 0 Å². The standard InChI is InChI=1S/C25H22N6/c1-3-21(22-4-2-10-27-24(22)5-1)23-16-29-31-17-19(15-28-25(23)31)18-6-8-20(9-7-18)30-13-11-26-12-14-30/h1-10,15-17,26H,11-14H2/p+1. The predicted octanol–water partition coefficient (Wildman–Crippen LogP) is 3.44. The minimum atomic E-state index is 0.900. The summed E-state index contributed by atoms with van der Waals surface area (Å²) in [5.74, 6) is 0. The van der Waals surface area contributed by atoms with Crippen molar-refractivity contribution in [3.05, 3.63) is 79.4 Å². The maximum atomic E-state index is 4.81. The van der Waals surface area contributed by atoms with E-state index in [1.807, 2.05) is 41.3 Å². The summed E-state index contributed by atoms with van der Waals surface area (Å²) in [7, 11) is 0. The second-order valence-electron chi connectivity index (χ2n) is 7.88. The summed E-state index contributed by atoms with van der Waals surface area (Å²) >= 11 is 0. The van der Waals surface area contributed by atoms with Crippen molar-refractivity contribution in [3.63, 3.8) is 0 Å². The van der Waals surface area contributed by atoms with Gasteiger partial charge in [0.25, 0.3) is 0 Å². The van der Waals surface area contributed by atoms with Gasteiger partial charge in [0.05, 0.1) is 22.8 Å². The molecule has 6 nitrogen and oxygen atoms in total. The number of pyridine rings is 1. The first kappa shape index (κ1) is 18.0. The lowest BCUT2D eigenvalue weighted by atomic mass is 10.0. The molecule has 152 valence electrons. The van der Waals surface area contributed by atoms with Crippen molar-refractivity contribution in [2.45, 2.75) is 0 Å². The van der Waals surface area contributed by atoms with Crippen molar-refractivity contribution in [1.29, 1.82) is 0 Å². The number of aromatic amines is 1. The number of benzene rings is 2. The average Bonchev–Trinajstić information content (AvgIpc) is 3.27. The molecule has 5 aromatic rings. The lowest BCUT2D eigenvalue weighted by Crippen LogP contribution is -2.43. The van der Waals surface area contributed by atoms with Crippen LogP contribution in [0.2, 0.25) is 0 Å². The summed E-state index contributed by atoms with van der Waals surface area (Å²) in [6.07, 6.45) is 7.90. The molecule has 0 radical (unpaired) electrons. The first-order chi connectivity index (χ1) is 15.4. The third-order valence-corrected chi connectivity index (χ3v) is 6.03. The van der Waals surface area contributed by atoms with Gasteiger partial charge in [-0.3, -0.25) is 4.98 Å². The quantitative estimate of drug-likeness (QED) is 0.450. The van der Waals surface area contributed by atoms with Crippen LogP contribution in [0.4, 0.5) is 5.69 Å². The molecule has 1 saturated heterocycles. The Morgan fingerprint density at radius 2 is 1.71 bits per heavy atom. The Bertz CT molecular complexity index is 1360. The molecule has 0 spiro atoms. The molecule has 1 aliphatic rings. The van der Waals surface area contributed by atoms with Crippen molar-refractivity contribution in [3.8, 4) is 22.3 Å². The van der Waals surface area contributed by atoms with Gasteiger partial charge in [0.1, 0.15) is 6.20 Å². The number of nitrogens with one attached hydrogen (secondary N) is 2. The van der Waals surface area contributed by atoms with Crippen LogP contribution in [0.1, 0.15) is 0 Å². The molecule has 2 aromatic carbocycles. The Morgan fingerprint density at radius 1 is 0.839 bits per heavy atom. The van der Waals surface area contributed by atoms with Crippen LogP contribution in [0.5, 0.6) is 0 Å². The highest BCUT2D eigenvalue weighted by Gasteiger charge is 2.18. The second-order valence-corrected chi connectivity index (χ2v) is 7.88. The minimum Gasteiger partial charge on any atom is -0.369 e. The van der Waals surface area contributed by atoms with E-state index in [4.69, 9.17) is 4.98 Å². The number of anilines is 1. The summed E-state index contributed by atoms with van der Waals surface area (Å²) in [5.41, 5.74) is 7.60. The summed E-state index contributed by atoms with van der Waals surface area (Å²) in [5, 5.41) is 7.87. The maximum absolute atomic E-state index is 4.81. The molecule has 1 fully saturated rings. The monoisotopic (exact) mass is 407 g/mol. The Balaban J connectivity index is 1.36. The SMILES string of the molecule is c1cc(-c2c[nH][n+]3cc(-c4ccc(N5CCNCC5)cc4)cnc23)c2cccnc2c1. The zero-order valence-electron chi connectivity index (χ0n) is 17.1. The summed E-state index contributed by atoms with van der Waals surface area (Å²) < 4.78 is 1.99. The highest BCUT2D eigenvalue weighted by atomic mass is 15.2. The largest absolute Gasteiger partial charge is 0.369 e. The molecule has 0 amide bonds. The number of hydrogen-bond donors (Lipinski definition) is 2. The van der Waals surface area contributed by atoms with Gasteiger partial charge < -0.3 is 10.2 Å². The van der Waals surface area contributed by atoms with Crippen LogP contribution in [0.3, 0.4) is 0 Å². The van der Waals surface area contributed by atoms with Crippen LogP contribution >= 0.6 is 0 Å². The highest BCUT2D eigenvalue weighted by molar-refractivity contribution is 5.97. The third-order valence-electron chi connectivity index (χ3n) is 6.03. The fourth-order valence-corrected chi connectivity index (χ4v) is 4.40. The van der Waals surface area contributed by atoms with E-state index in [0.29, 0.717) is 0 Å². The van der Waals surface area contributed by atoms with Crippen LogP contribution in [0.15, 0.2) is 79.4 Å². The molecule has 2 N–H and O–H groups in total. The van der Waals surface area contributed by atoms with Gasteiger partial charge in [-0.05, 0) is 34.8 Å². The number of aromatic nitrogens is 4. The number of piperazine rings is 1. The molecule has 0 atom stereocenters. The number of rotatable bonds is 3. The molecule has 3 aromatic heterocycles. The lowest BCUT2D eigenvalue weighted by molar-refractivity contribution is -0.578. The maximum Gasteiger partial charge on any atom is 0.355 e. The van der Waals surface area contributed by atoms with Crippen molar-refractivity contribution in [1.82, 2.24) is 20.4 Å². The fraction of sp³-hybridized carbons (Fsp3) is 0.160. The predicted molar refractivity (Wildman–Crippen MR) is 123 cm³/mol. The van der Waals surface area contributed by atoms with Gasteiger partial charge in [-0.15, -0.1) is 4.52 Å². The van der Waals surface area contributed by atoms with E-state index in [1.54, 1.807) is 0 Å². The zero-order valence-corrected chi connectivity index (χ0v) is 17.1. The first-order valence-electron chi connectivity index (χ1n) is 10.7. The topological polar surface area (TPSA) is 60.9 Å². The van der Waals surface area contributed by atoms with E-state index in [2.05, 4.69) is 62.9 Å². The van der Waals surface area contributed by atoms with Crippen molar-refractivity contribution < 1.29 is 4.52 Å². The first-order valence-corrected chi connectivity index (χ1v) is 10.7. The molecule has 0 bridgehead atoms. The molecular weight excluding hydrogens is 384 g/mol. The second kappa shape index (κ2) is 7.49. The molecule has 0 unspecified atom stereocenters. The van der Waals surface area contributed by atoms with Gasteiger partial charge in [0, 0.05) is 49.0 Å². The Morgan fingerprint density at radius 3 is 2.58 bits per heavy atom. The van der Waals surface area contributed by atoms with Gasteiger partial charge in [0.15, 0.2) is 6.20 Å². The molecule has 0 saturated carbocycles. The molecule has 6 heteroatoms. The molecule has 1 aliphatic heterocycles. The third kappa shape index (κ3) is 3.21. The van der Waals surface area contributed by atoms with Gasteiger partial charge in [-0.1, -0.05) is 30.3 Å². The minimum absolute atomic E-state index is 0.900. The average molecular weight is 408 g/mol. The molecule has 6 rings (SSSR count). The summed E-state index contributed by atoms with van der Waals surface area (Å²) in [6.45, 7) is 4.19. The van der Waals surface area contributed by atoms with Crippen LogP contribution in [-0.2, 0) is 0 Å². The molecule has 31 heavy (non-hydrogen) atoms. The Kier molecular flexibility index (Phi) is 4.35. The normalized spacial score (nSPS) is 14.4. The molecule has 4 heterocycles. The highest BCUT2D eigenvalue weighted by Crippen LogP contribution is 2.29. The van der Waals surface area contributed by atoms with E-state index >= 15 is 0 Å². The smallest absolute Gasteiger partial charge is 0.355 e. The number of nitrogens with zero attached hydrogens (tertiary/aromatic N) is 4. The lowest BCUT2D eigenvalue weighted by Gasteiger charge is -2.29. The van der Waals surface area contributed by atoms with Crippen LogP contribution in [-0.4, -0.2) is 41.2 Å². The zero-order chi connectivity index (χ0) is 20.6. The van der Waals surface area contributed by atoms with Crippen molar-refractivity contribution in [2.75, 3.05) is 31.1 Å². The number of hydrogen-bond acceptors (Lipinski definition) is 4. The van der Waals surface area contributed by atoms with Crippen molar-refractivity contribution >= 4 is 22.2 Å². The van der Waals surface area contributed by atoms with E-state index in [1.165, 1.54) is 5.69 Å². The van der Waals surface area contributed by atoms with Crippen LogP contribution < -0.4 is 14.7 Å². The Labute approximate surface area is 180 Å². The Hall–Kier alpha value is -3.77. The van der Waals surface area contributed by atoms with Gasteiger partial charge in [-0.2, -0.15) is 0 Å². The fourth-order valence-electron chi connectivity index (χ4n) is 4.40. The molecular formula is C25H23N6+. The van der Waals surface area contributed by atoms with Crippen LogP contribution in [0, 0.1) is 0 Å². The van der Waals surface area contributed by atoms with Gasteiger partial charge in [0.2, 0.25) is 0 Å². The number of H-pyrrole nitrogens is 1. The van der Waals surface area contributed by atoms with E-state index in [9.17, 15) is 0 Å². The van der Waals surface area contributed by atoms with Crippen molar-refractivity contribution in [2.24, 2.45) is 0 Å². The number of fused-ring (bicyclic) bond motifs is 2. The molecule has 0 aliphatic carbocycles. The summed E-state index contributed by atoms with van der Waals surface area (Å²) in [6, 6.07) is 19.1. The van der Waals surface area contributed by atoms with Crippen LogP contribution in [0.25, 0.3) is 38.8 Å².